The van der Waals surface area contributed by atoms with Crippen LogP contribution in [0.15, 0.2) is 91.3 Å². The quantitative estimate of drug-likeness (QED) is 0.199. The summed E-state index contributed by atoms with van der Waals surface area (Å²) in [6, 6.07) is 29.2. The van der Waals surface area contributed by atoms with Crippen LogP contribution in [-0.4, -0.2) is 9.97 Å². The maximum absolute atomic E-state index is 5.34. The van der Waals surface area contributed by atoms with Crippen molar-refractivity contribution >= 4 is 0 Å². The van der Waals surface area contributed by atoms with Crippen LogP contribution in [0.2, 0.25) is 0 Å². The Balaban J connectivity index is 1.70. The third-order valence-electron chi connectivity index (χ3n) is 9.39. The van der Waals surface area contributed by atoms with E-state index in [4.69, 9.17) is 9.97 Å². The average molecular weight is 623 g/mol. The Bertz CT molecular complexity index is 1880. The van der Waals surface area contributed by atoms with Crippen LogP contribution in [0.1, 0.15) is 111 Å². The van der Waals surface area contributed by atoms with Gasteiger partial charge in [-0.25, -0.2) is 4.98 Å². The number of hydrogen-bond donors (Lipinski definition) is 0. The molecule has 1 heterocycles. The molecule has 0 saturated carbocycles. The van der Waals surface area contributed by atoms with Crippen molar-refractivity contribution in [1.29, 1.82) is 0 Å². The molecule has 0 spiro atoms. The Morgan fingerprint density at radius 2 is 0.851 bits per heavy atom. The second kappa shape index (κ2) is 12.2. The van der Waals surface area contributed by atoms with Crippen LogP contribution in [0.3, 0.4) is 0 Å². The first-order valence-electron chi connectivity index (χ1n) is 17.1. The molecule has 0 N–H and O–H groups in total. The molecule has 0 aliphatic rings. The Morgan fingerprint density at radius 3 is 1.32 bits per heavy atom. The summed E-state index contributed by atoms with van der Waals surface area (Å²) in [5.41, 5.74) is 15.6. The zero-order valence-electron chi connectivity index (χ0n) is 31.1. The van der Waals surface area contributed by atoms with Gasteiger partial charge in [0.15, 0.2) is 0 Å². The van der Waals surface area contributed by atoms with E-state index in [1.807, 2.05) is 12.4 Å². The third kappa shape index (κ3) is 7.28. The molecule has 0 bridgehead atoms. The monoisotopic (exact) mass is 622 g/mol. The maximum atomic E-state index is 5.34. The van der Waals surface area contributed by atoms with Gasteiger partial charge in [-0.05, 0) is 78.7 Å². The summed E-state index contributed by atoms with van der Waals surface area (Å²) in [5.74, 6) is 0. The lowest BCUT2D eigenvalue weighted by atomic mass is 9.76. The van der Waals surface area contributed by atoms with Gasteiger partial charge in [-0.1, -0.05) is 162 Å². The van der Waals surface area contributed by atoms with Gasteiger partial charge in [0, 0.05) is 11.1 Å². The van der Waals surface area contributed by atoms with Crippen LogP contribution < -0.4 is 0 Å². The number of benzene rings is 4. The summed E-state index contributed by atoms with van der Waals surface area (Å²) in [5, 5.41) is 0. The Kier molecular flexibility index (Phi) is 8.90. The van der Waals surface area contributed by atoms with Gasteiger partial charge in [0.1, 0.15) is 0 Å². The van der Waals surface area contributed by atoms with Gasteiger partial charge in [0.05, 0.1) is 23.8 Å². The maximum Gasteiger partial charge on any atom is 0.0898 e. The highest BCUT2D eigenvalue weighted by atomic mass is 14.8. The van der Waals surface area contributed by atoms with Gasteiger partial charge in [0.2, 0.25) is 0 Å². The summed E-state index contributed by atoms with van der Waals surface area (Å²) in [4.78, 5) is 10.1. The van der Waals surface area contributed by atoms with Gasteiger partial charge in [0.25, 0.3) is 0 Å². The summed E-state index contributed by atoms with van der Waals surface area (Å²) in [6.07, 6.45) is 3.82. The van der Waals surface area contributed by atoms with Crippen LogP contribution in [0.25, 0.3) is 44.8 Å². The largest absolute Gasteiger partial charge is 0.260 e. The predicted molar refractivity (Wildman–Crippen MR) is 203 cm³/mol. The molecule has 0 aliphatic heterocycles. The fourth-order valence-electron chi connectivity index (χ4n) is 6.38. The Hall–Kier alpha value is -4.04. The zero-order valence-corrected chi connectivity index (χ0v) is 31.1. The molecule has 0 aliphatic carbocycles. The van der Waals surface area contributed by atoms with E-state index in [1.54, 1.807) is 0 Å². The van der Waals surface area contributed by atoms with Crippen molar-refractivity contribution in [1.82, 2.24) is 9.97 Å². The molecular formula is C45H54N2. The second-order valence-electron chi connectivity index (χ2n) is 17.4. The van der Waals surface area contributed by atoms with E-state index < -0.39 is 0 Å². The van der Waals surface area contributed by atoms with E-state index in [0.29, 0.717) is 0 Å². The van der Waals surface area contributed by atoms with Crippen LogP contribution in [-0.2, 0) is 21.7 Å². The molecule has 2 heteroatoms. The van der Waals surface area contributed by atoms with Crippen LogP contribution >= 0.6 is 0 Å². The predicted octanol–water partition coefficient (Wildman–Crippen LogP) is 12.6. The molecule has 4 aromatic carbocycles. The van der Waals surface area contributed by atoms with Crippen molar-refractivity contribution in [2.45, 2.75) is 112 Å². The van der Waals surface area contributed by atoms with Gasteiger partial charge in [-0.2, -0.15) is 0 Å². The number of aromatic nitrogens is 2. The van der Waals surface area contributed by atoms with Crippen molar-refractivity contribution in [2.75, 3.05) is 0 Å². The third-order valence-corrected chi connectivity index (χ3v) is 9.39. The molecule has 0 atom stereocenters. The standard InChI is InChI=1S/C45H54N2/c1-29-38(25-33(44(8,9)10)26-39(29)45(11,12)13)35-19-15-17-21-37(35)41-28-46-27-40(47-41)36-20-16-14-18-34(36)30-22-31(42(2,3)4)24-32(23-30)43(5,6)7/h14-28H,1-13H3. The molecule has 0 unspecified atom stereocenters. The van der Waals surface area contributed by atoms with Crippen LogP contribution in [0.5, 0.6) is 0 Å². The highest BCUT2D eigenvalue weighted by Gasteiger charge is 2.26. The lowest BCUT2D eigenvalue weighted by Crippen LogP contribution is -2.18. The second-order valence-corrected chi connectivity index (χ2v) is 17.4. The number of hydrogen-bond acceptors (Lipinski definition) is 2. The zero-order chi connectivity index (χ0) is 34.5. The SMILES string of the molecule is Cc1c(-c2ccccc2-c2cncc(-c3ccccc3-c3cc(C(C)(C)C)cc(C(C)(C)C)c3)n2)cc(C(C)(C)C)cc1C(C)(C)C. The van der Waals surface area contributed by atoms with E-state index in [1.165, 1.54) is 50.1 Å². The van der Waals surface area contributed by atoms with E-state index in [2.05, 4.69) is 169 Å². The Morgan fingerprint density at radius 1 is 0.426 bits per heavy atom. The van der Waals surface area contributed by atoms with Crippen LogP contribution in [0.4, 0.5) is 0 Å². The first kappa shape index (κ1) is 34.3. The average Bonchev–Trinajstić information content (AvgIpc) is 2.99. The van der Waals surface area contributed by atoms with E-state index in [-0.39, 0.29) is 21.7 Å². The topological polar surface area (TPSA) is 25.8 Å². The minimum atomic E-state index is 0.0234. The Labute approximate surface area is 284 Å². The van der Waals surface area contributed by atoms with Crippen molar-refractivity contribution in [2.24, 2.45) is 0 Å². The van der Waals surface area contributed by atoms with Crippen molar-refractivity contribution in [3.8, 4) is 44.8 Å². The van der Waals surface area contributed by atoms with E-state index >= 15 is 0 Å². The molecule has 0 saturated heterocycles. The van der Waals surface area contributed by atoms with Gasteiger partial charge < -0.3 is 0 Å². The molecular weight excluding hydrogens is 569 g/mol. The van der Waals surface area contributed by atoms with Crippen molar-refractivity contribution < 1.29 is 0 Å². The fourth-order valence-corrected chi connectivity index (χ4v) is 6.38. The highest BCUT2D eigenvalue weighted by Crippen LogP contribution is 2.42. The van der Waals surface area contributed by atoms with E-state index in [0.717, 1.165) is 22.5 Å². The number of rotatable bonds is 4. The summed E-state index contributed by atoms with van der Waals surface area (Å²) in [6.45, 7) is 29.9. The van der Waals surface area contributed by atoms with Crippen LogP contribution in [0, 0.1) is 6.92 Å². The molecule has 1 aromatic heterocycles. The lowest BCUT2D eigenvalue weighted by molar-refractivity contribution is 0.566. The molecule has 244 valence electrons. The van der Waals surface area contributed by atoms with Gasteiger partial charge in [-0.15, -0.1) is 0 Å². The molecule has 5 rings (SSSR count). The number of nitrogens with zero attached hydrogens (tertiary/aromatic N) is 2. The highest BCUT2D eigenvalue weighted by molar-refractivity contribution is 5.86. The normalized spacial score (nSPS) is 12.8. The lowest BCUT2D eigenvalue weighted by Gasteiger charge is -2.29. The molecule has 47 heavy (non-hydrogen) atoms. The summed E-state index contributed by atoms with van der Waals surface area (Å²) in [7, 11) is 0. The van der Waals surface area contributed by atoms with Crippen molar-refractivity contribution in [3.63, 3.8) is 0 Å². The molecule has 0 radical (unpaired) electrons. The minimum Gasteiger partial charge on any atom is -0.260 e. The molecule has 0 fully saturated rings. The fraction of sp³-hybridized carbons (Fsp3) is 0.378. The summed E-state index contributed by atoms with van der Waals surface area (Å²) >= 11 is 0. The molecule has 2 nitrogen and oxygen atoms in total. The summed E-state index contributed by atoms with van der Waals surface area (Å²) < 4.78 is 0. The first-order valence-corrected chi connectivity index (χ1v) is 17.1. The van der Waals surface area contributed by atoms with Gasteiger partial charge >= 0.3 is 0 Å². The first-order chi connectivity index (χ1) is 21.7. The molecule has 5 aromatic rings. The van der Waals surface area contributed by atoms with E-state index in [9.17, 15) is 0 Å². The van der Waals surface area contributed by atoms with Crippen molar-refractivity contribution in [3.05, 3.63) is 119 Å². The van der Waals surface area contributed by atoms with Gasteiger partial charge in [-0.3, -0.25) is 4.98 Å². The minimum absolute atomic E-state index is 0.0234. The smallest absolute Gasteiger partial charge is 0.0898 e. The molecule has 0 amide bonds.